The van der Waals surface area contributed by atoms with Gasteiger partial charge in [-0.15, -0.1) is 0 Å². The monoisotopic (exact) mass is 328 g/mol. The molecule has 1 atom stereocenters. The van der Waals surface area contributed by atoms with Gasteiger partial charge in [-0.3, -0.25) is 4.79 Å². The number of aliphatic hydroxyl groups is 1. The van der Waals surface area contributed by atoms with E-state index in [4.69, 9.17) is 4.74 Å². The molecule has 0 radical (unpaired) electrons. The molecule has 2 rings (SSSR count). The molecule has 23 heavy (non-hydrogen) atoms. The van der Waals surface area contributed by atoms with E-state index in [1.54, 1.807) is 0 Å². The van der Waals surface area contributed by atoms with Gasteiger partial charge in [0.25, 0.3) is 5.91 Å². The van der Waals surface area contributed by atoms with Crippen LogP contribution in [0.1, 0.15) is 23.2 Å². The zero-order valence-electron chi connectivity index (χ0n) is 13.1. The van der Waals surface area contributed by atoms with E-state index in [1.165, 1.54) is 19.2 Å². The predicted molar refractivity (Wildman–Crippen MR) is 81.2 cm³/mol. The van der Waals surface area contributed by atoms with Crippen LogP contribution in [0.15, 0.2) is 18.2 Å². The van der Waals surface area contributed by atoms with Crippen LogP contribution in [0.3, 0.4) is 0 Å². The van der Waals surface area contributed by atoms with E-state index < -0.39 is 23.6 Å². The summed E-state index contributed by atoms with van der Waals surface area (Å²) in [6.07, 6.45) is 0.859. The van der Waals surface area contributed by atoms with Crippen LogP contribution < -0.4 is 5.32 Å². The van der Waals surface area contributed by atoms with Gasteiger partial charge in [-0.1, -0.05) is 6.07 Å². The molecule has 1 unspecified atom stereocenters. The normalized spacial score (nSPS) is 17.9. The molecule has 2 N–H and O–H groups in total. The molecule has 1 aliphatic heterocycles. The van der Waals surface area contributed by atoms with E-state index in [1.807, 2.05) is 0 Å². The quantitative estimate of drug-likeness (QED) is 0.823. The molecule has 1 heterocycles. The number of piperidine rings is 1. The summed E-state index contributed by atoms with van der Waals surface area (Å²) in [5.41, 5.74) is -0.275. The number of methoxy groups -OCH3 is 1. The second-order valence-corrected chi connectivity index (χ2v) is 5.76. The van der Waals surface area contributed by atoms with E-state index in [0.29, 0.717) is 19.4 Å². The van der Waals surface area contributed by atoms with Gasteiger partial charge >= 0.3 is 0 Å². The second-order valence-electron chi connectivity index (χ2n) is 5.76. The highest BCUT2D eigenvalue weighted by atomic mass is 19.2. The summed E-state index contributed by atoms with van der Waals surface area (Å²) in [5, 5.41) is 12.4. The molecule has 128 valence electrons. The van der Waals surface area contributed by atoms with Crippen molar-refractivity contribution >= 4 is 5.91 Å². The molecule has 1 aliphatic rings. The van der Waals surface area contributed by atoms with Crippen molar-refractivity contribution in [2.45, 2.75) is 25.0 Å². The molecule has 1 saturated heterocycles. The number of ether oxygens (including phenoxy) is 1. The molecule has 1 amide bonds. The van der Waals surface area contributed by atoms with Crippen molar-refractivity contribution in [1.29, 1.82) is 0 Å². The average Bonchev–Trinajstić information content (AvgIpc) is 2.52. The molecular weight excluding hydrogens is 306 g/mol. The molecule has 0 aliphatic carbocycles. The van der Waals surface area contributed by atoms with Crippen molar-refractivity contribution in [3.63, 3.8) is 0 Å². The fraction of sp³-hybridized carbons (Fsp3) is 0.562. The van der Waals surface area contributed by atoms with Crippen molar-refractivity contribution in [3.05, 3.63) is 35.4 Å². The Balaban J connectivity index is 1.82. The van der Waals surface area contributed by atoms with E-state index in [9.17, 15) is 18.7 Å². The number of hydrogen-bond donors (Lipinski definition) is 2. The third-order valence-corrected chi connectivity index (χ3v) is 3.95. The third kappa shape index (κ3) is 4.95. The lowest BCUT2D eigenvalue weighted by Crippen LogP contribution is -2.47. The lowest BCUT2D eigenvalue weighted by atomic mass is 10.0. The molecule has 0 bridgehead atoms. The summed E-state index contributed by atoms with van der Waals surface area (Å²) in [7, 11) is 1.54. The molecule has 0 spiro atoms. The summed E-state index contributed by atoms with van der Waals surface area (Å²) < 4.78 is 31.6. The lowest BCUT2D eigenvalue weighted by molar-refractivity contribution is 0.0309. The summed E-state index contributed by atoms with van der Waals surface area (Å²) in [6, 6.07) is 3.48. The molecule has 7 heteroatoms. The molecule has 5 nitrogen and oxygen atoms in total. The van der Waals surface area contributed by atoms with Gasteiger partial charge in [0.2, 0.25) is 0 Å². The molecule has 0 saturated carbocycles. The maximum Gasteiger partial charge on any atom is 0.254 e. The van der Waals surface area contributed by atoms with Crippen LogP contribution in [-0.4, -0.2) is 61.4 Å². The highest BCUT2D eigenvalue weighted by Crippen LogP contribution is 2.14. The SMILES string of the molecule is COCC(O)CN1CCC(NC(=O)c2cccc(F)c2F)CC1. The molecule has 1 fully saturated rings. The molecule has 1 aromatic rings. The van der Waals surface area contributed by atoms with E-state index in [0.717, 1.165) is 19.2 Å². The fourth-order valence-electron chi connectivity index (χ4n) is 2.75. The van der Waals surface area contributed by atoms with Crippen molar-refractivity contribution in [2.75, 3.05) is 33.4 Å². The van der Waals surface area contributed by atoms with Gasteiger partial charge in [0, 0.05) is 32.8 Å². The molecule has 1 aromatic carbocycles. The Morgan fingerprint density at radius 3 is 2.78 bits per heavy atom. The van der Waals surface area contributed by atoms with Crippen LogP contribution >= 0.6 is 0 Å². The number of nitrogens with one attached hydrogen (secondary N) is 1. The number of aliphatic hydroxyl groups excluding tert-OH is 1. The number of hydrogen-bond acceptors (Lipinski definition) is 4. The molecule has 0 aromatic heterocycles. The average molecular weight is 328 g/mol. The minimum atomic E-state index is -1.12. The van der Waals surface area contributed by atoms with Gasteiger partial charge in [0.05, 0.1) is 18.3 Å². The van der Waals surface area contributed by atoms with Crippen LogP contribution in [0.2, 0.25) is 0 Å². The summed E-state index contributed by atoms with van der Waals surface area (Å²) in [5.74, 6) is -2.75. The Morgan fingerprint density at radius 1 is 1.43 bits per heavy atom. The van der Waals surface area contributed by atoms with Gasteiger partial charge in [-0.05, 0) is 25.0 Å². The Hall–Kier alpha value is -1.57. The van der Waals surface area contributed by atoms with Crippen LogP contribution in [-0.2, 0) is 4.74 Å². The van der Waals surface area contributed by atoms with Gasteiger partial charge in [0.15, 0.2) is 11.6 Å². The Morgan fingerprint density at radius 2 is 2.13 bits per heavy atom. The first-order valence-corrected chi connectivity index (χ1v) is 7.65. The van der Waals surface area contributed by atoms with Crippen LogP contribution in [0.5, 0.6) is 0 Å². The number of halogens is 2. The van der Waals surface area contributed by atoms with Crippen molar-refractivity contribution < 1.29 is 23.4 Å². The number of rotatable bonds is 6. The third-order valence-electron chi connectivity index (χ3n) is 3.95. The van der Waals surface area contributed by atoms with Gasteiger partial charge in [-0.2, -0.15) is 0 Å². The first-order valence-electron chi connectivity index (χ1n) is 7.65. The predicted octanol–water partition coefficient (Wildman–Crippen LogP) is 1.17. The largest absolute Gasteiger partial charge is 0.389 e. The maximum atomic E-state index is 13.6. The maximum absolute atomic E-state index is 13.6. The number of benzene rings is 1. The fourth-order valence-corrected chi connectivity index (χ4v) is 2.75. The standard InChI is InChI=1S/C16H22F2N2O3/c1-23-10-12(21)9-20-7-5-11(6-8-20)19-16(22)13-3-2-4-14(17)15(13)18/h2-4,11-12,21H,5-10H2,1H3,(H,19,22). The Bertz CT molecular complexity index is 534. The van der Waals surface area contributed by atoms with E-state index in [2.05, 4.69) is 10.2 Å². The first kappa shape index (κ1) is 17.8. The summed E-state index contributed by atoms with van der Waals surface area (Å²) in [6.45, 7) is 2.25. The van der Waals surface area contributed by atoms with Crippen LogP contribution in [0.4, 0.5) is 8.78 Å². The number of nitrogens with zero attached hydrogens (tertiary/aromatic N) is 1. The summed E-state index contributed by atoms with van der Waals surface area (Å²) in [4.78, 5) is 14.1. The van der Waals surface area contributed by atoms with E-state index in [-0.39, 0.29) is 18.2 Å². The Labute approximate surface area is 134 Å². The Kier molecular flexibility index (Phi) is 6.44. The minimum Gasteiger partial charge on any atom is -0.389 e. The van der Waals surface area contributed by atoms with E-state index >= 15 is 0 Å². The van der Waals surface area contributed by atoms with Crippen LogP contribution in [0, 0.1) is 11.6 Å². The van der Waals surface area contributed by atoms with Gasteiger partial charge in [0.1, 0.15) is 0 Å². The topological polar surface area (TPSA) is 61.8 Å². The number of likely N-dealkylation sites (tertiary alicyclic amines) is 1. The minimum absolute atomic E-state index is 0.0824. The lowest BCUT2D eigenvalue weighted by Gasteiger charge is -2.33. The number of carbonyl (C=O) groups excluding carboxylic acids is 1. The number of amides is 1. The van der Waals surface area contributed by atoms with Gasteiger partial charge < -0.3 is 20.1 Å². The first-order chi connectivity index (χ1) is 11.0. The summed E-state index contributed by atoms with van der Waals surface area (Å²) >= 11 is 0. The van der Waals surface area contributed by atoms with Crippen molar-refractivity contribution in [3.8, 4) is 0 Å². The highest BCUT2D eigenvalue weighted by molar-refractivity contribution is 5.94. The van der Waals surface area contributed by atoms with Gasteiger partial charge in [-0.25, -0.2) is 8.78 Å². The smallest absolute Gasteiger partial charge is 0.254 e. The zero-order chi connectivity index (χ0) is 16.8. The zero-order valence-corrected chi connectivity index (χ0v) is 13.1. The number of β-amino-alcohol motifs (C(OH)–C–C–N with tert-alkyl or cyclic N) is 1. The van der Waals surface area contributed by atoms with Crippen molar-refractivity contribution in [1.82, 2.24) is 10.2 Å². The molecular formula is C16H22F2N2O3. The van der Waals surface area contributed by atoms with Crippen LogP contribution in [0.25, 0.3) is 0 Å². The highest BCUT2D eigenvalue weighted by Gasteiger charge is 2.24. The second kappa shape index (κ2) is 8.33. The number of carbonyl (C=O) groups is 1. The van der Waals surface area contributed by atoms with Crippen molar-refractivity contribution in [2.24, 2.45) is 0 Å².